The summed E-state index contributed by atoms with van der Waals surface area (Å²) < 4.78 is 5.23. The van der Waals surface area contributed by atoms with Gasteiger partial charge < -0.3 is 15.1 Å². The van der Waals surface area contributed by atoms with Gasteiger partial charge in [-0.1, -0.05) is 12.8 Å². The minimum Gasteiger partial charge on any atom is -0.468 e. The van der Waals surface area contributed by atoms with Crippen molar-refractivity contribution in [3.05, 3.63) is 53.7 Å². The van der Waals surface area contributed by atoms with Crippen molar-refractivity contribution in [3.63, 3.8) is 0 Å². The summed E-state index contributed by atoms with van der Waals surface area (Å²) in [6, 6.07) is 8.42. The van der Waals surface area contributed by atoms with Crippen LogP contribution in [-0.2, 0) is 28.2 Å². The maximum Gasteiger partial charge on any atom is 0.230 e. The van der Waals surface area contributed by atoms with Crippen molar-refractivity contribution in [3.8, 4) is 0 Å². The molecule has 1 aliphatic heterocycles. The van der Waals surface area contributed by atoms with Gasteiger partial charge in [0.05, 0.1) is 24.3 Å². The van der Waals surface area contributed by atoms with Crippen LogP contribution in [0.25, 0.3) is 0 Å². The summed E-state index contributed by atoms with van der Waals surface area (Å²) >= 11 is 1.47. The Morgan fingerprint density at radius 2 is 2.20 bits per heavy atom. The van der Waals surface area contributed by atoms with Gasteiger partial charge in [0.15, 0.2) is 5.78 Å². The summed E-state index contributed by atoms with van der Waals surface area (Å²) in [4.78, 5) is 28.4. The summed E-state index contributed by atoms with van der Waals surface area (Å²) in [5, 5.41) is 6.33. The molecule has 1 amide bonds. The van der Waals surface area contributed by atoms with E-state index in [4.69, 9.17) is 4.42 Å². The highest BCUT2D eigenvalue weighted by Gasteiger charge is 2.13. The number of hydrogen-bond acceptors (Lipinski definition) is 6. The molecule has 30 heavy (non-hydrogen) atoms. The maximum atomic E-state index is 12.1. The van der Waals surface area contributed by atoms with E-state index in [-0.39, 0.29) is 18.2 Å². The number of furan rings is 1. The fraction of sp³-hybridized carbons (Fsp3) is 0.522. The minimum atomic E-state index is -0.129. The standard InChI is InChI=1S/C23H31N3O3S/c27-21(15-26-23(28)17-30-16-22-6-4-12-29-22)8-7-20-14-18(9-11-25-20)13-19-5-2-1-3-10-24-19/h4,6,9,11-12,14,19,24H,1-3,5,7-8,10,13,15-17H2,(H,26,28). The van der Waals surface area contributed by atoms with Crippen LogP contribution in [0.5, 0.6) is 0 Å². The molecule has 7 heteroatoms. The van der Waals surface area contributed by atoms with Gasteiger partial charge >= 0.3 is 0 Å². The number of rotatable bonds is 11. The zero-order valence-corrected chi connectivity index (χ0v) is 18.2. The van der Waals surface area contributed by atoms with E-state index in [9.17, 15) is 9.59 Å². The van der Waals surface area contributed by atoms with E-state index >= 15 is 0 Å². The number of nitrogens with one attached hydrogen (secondary N) is 2. The van der Waals surface area contributed by atoms with Crippen molar-refractivity contribution in [2.75, 3.05) is 18.8 Å². The highest BCUT2D eigenvalue weighted by Crippen LogP contribution is 2.14. The third kappa shape index (κ3) is 8.32. The number of carbonyl (C=O) groups excluding carboxylic acids is 2. The number of ketones is 1. The van der Waals surface area contributed by atoms with Crippen LogP contribution >= 0.6 is 11.8 Å². The van der Waals surface area contributed by atoms with Crippen LogP contribution < -0.4 is 10.6 Å². The fourth-order valence-electron chi connectivity index (χ4n) is 3.59. The van der Waals surface area contributed by atoms with Crippen LogP contribution in [0.3, 0.4) is 0 Å². The molecular weight excluding hydrogens is 398 g/mol. The first-order valence-corrected chi connectivity index (χ1v) is 11.9. The predicted octanol–water partition coefficient (Wildman–Crippen LogP) is 3.30. The summed E-state index contributed by atoms with van der Waals surface area (Å²) in [5.41, 5.74) is 2.21. The van der Waals surface area contributed by atoms with E-state index in [0.717, 1.165) is 24.4 Å². The molecular formula is C23H31N3O3S. The van der Waals surface area contributed by atoms with Crippen LogP contribution in [0.1, 0.15) is 49.1 Å². The zero-order valence-electron chi connectivity index (χ0n) is 17.4. The molecule has 162 valence electrons. The Hall–Kier alpha value is -2.12. The van der Waals surface area contributed by atoms with Gasteiger partial charge in [0.1, 0.15) is 5.76 Å². The lowest BCUT2D eigenvalue weighted by Crippen LogP contribution is -2.31. The molecule has 1 saturated heterocycles. The normalized spacial score (nSPS) is 16.7. The molecule has 1 fully saturated rings. The first kappa shape index (κ1) is 22.6. The highest BCUT2D eigenvalue weighted by molar-refractivity contribution is 7.99. The number of aromatic nitrogens is 1. The Labute approximate surface area is 182 Å². The Bertz CT molecular complexity index is 787. The topological polar surface area (TPSA) is 84.2 Å². The monoisotopic (exact) mass is 429 g/mol. The van der Waals surface area contributed by atoms with Gasteiger partial charge in [-0.2, -0.15) is 0 Å². The third-order valence-corrected chi connectivity index (χ3v) is 6.18. The van der Waals surface area contributed by atoms with E-state index in [0.29, 0.717) is 30.4 Å². The Balaban J connectivity index is 1.33. The van der Waals surface area contributed by atoms with E-state index in [1.165, 1.54) is 43.0 Å². The summed E-state index contributed by atoms with van der Waals surface area (Å²) in [7, 11) is 0. The van der Waals surface area contributed by atoms with E-state index in [1.807, 2.05) is 18.3 Å². The number of amides is 1. The first-order chi connectivity index (χ1) is 14.7. The molecule has 3 heterocycles. The van der Waals surface area contributed by atoms with Gasteiger partial charge in [-0.05, 0) is 62.1 Å². The average molecular weight is 430 g/mol. The summed E-state index contributed by atoms with van der Waals surface area (Å²) in [6.45, 7) is 1.18. The Kier molecular flexibility index (Phi) is 9.44. The predicted molar refractivity (Wildman–Crippen MR) is 119 cm³/mol. The summed E-state index contributed by atoms with van der Waals surface area (Å²) in [6.07, 6.45) is 10.5. The molecule has 0 saturated carbocycles. The second kappa shape index (κ2) is 12.5. The molecule has 1 atom stereocenters. The molecule has 3 rings (SSSR count). The molecule has 0 radical (unpaired) electrons. The van der Waals surface area contributed by atoms with Crippen LogP contribution in [0.2, 0.25) is 0 Å². The van der Waals surface area contributed by atoms with Crippen molar-refractivity contribution in [1.82, 2.24) is 15.6 Å². The molecule has 2 N–H and O–H groups in total. The highest BCUT2D eigenvalue weighted by atomic mass is 32.2. The van der Waals surface area contributed by atoms with Crippen molar-refractivity contribution in [1.29, 1.82) is 0 Å². The van der Waals surface area contributed by atoms with Crippen molar-refractivity contribution < 1.29 is 14.0 Å². The smallest absolute Gasteiger partial charge is 0.230 e. The Morgan fingerprint density at radius 1 is 1.27 bits per heavy atom. The number of pyridine rings is 1. The van der Waals surface area contributed by atoms with Gasteiger partial charge in [0, 0.05) is 24.4 Å². The molecule has 0 aliphatic carbocycles. The van der Waals surface area contributed by atoms with Crippen LogP contribution in [-0.4, -0.2) is 41.6 Å². The lowest BCUT2D eigenvalue weighted by molar-refractivity contribution is -0.123. The lowest BCUT2D eigenvalue weighted by atomic mass is 10.0. The van der Waals surface area contributed by atoms with Gasteiger partial charge in [-0.3, -0.25) is 14.6 Å². The van der Waals surface area contributed by atoms with E-state index < -0.39 is 0 Å². The number of carbonyl (C=O) groups is 2. The molecule has 2 aromatic rings. The van der Waals surface area contributed by atoms with Crippen LogP contribution in [0.4, 0.5) is 0 Å². The third-order valence-electron chi connectivity index (χ3n) is 5.23. The van der Waals surface area contributed by atoms with Gasteiger partial charge in [0.2, 0.25) is 5.91 Å². The van der Waals surface area contributed by atoms with Crippen LogP contribution in [0, 0.1) is 0 Å². The van der Waals surface area contributed by atoms with Gasteiger partial charge in [-0.15, -0.1) is 11.8 Å². The maximum absolute atomic E-state index is 12.1. The number of aryl methyl sites for hydroxylation is 1. The zero-order chi connectivity index (χ0) is 21.0. The second-order valence-corrected chi connectivity index (χ2v) is 8.73. The van der Waals surface area contributed by atoms with E-state index in [1.54, 1.807) is 6.26 Å². The molecule has 0 bridgehead atoms. The molecule has 0 aromatic carbocycles. The largest absolute Gasteiger partial charge is 0.468 e. The minimum absolute atomic E-state index is 0.0250. The molecule has 6 nitrogen and oxygen atoms in total. The van der Waals surface area contributed by atoms with Gasteiger partial charge in [0.25, 0.3) is 0 Å². The second-order valence-electron chi connectivity index (χ2n) is 7.75. The lowest BCUT2D eigenvalue weighted by Gasteiger charge is -2.16. The van der Waals surface area contributed by atoms with E-state index in [2.05, 4.69) is 27.8 Å². The SMILES string of the molecule is O=C(CCc1cc(CC2CCCCCN2)ccn1)CNC(=O)CSCc1ccco1. The molecule has 1 unspecified atom stereocenters. The van der Waals surface area contributed by atoms with Gasteiger partial charge in [-0.25, -0.2) is 0 Å². The van der Waals surface area contributed by atoms with Crippen molar-refractivity contribution >= 4 is 23.5 Å². The molecule has 2 aromatic heterocycles. The number of thioether (sulfide) groups is 1. The first-order valence-electron chi connectivity index (χ1n) is 10.7. The van der Waals surface area contributed by atoms with Crippen LogP contribution in [0.15, 0.2) is 41.1 Å². The number of Topliss-reactive ketones (excluding diaryl/α,β-unsaturated/α-hetero) is 1. The van der Waals surface area contributed by atoms with Crippen molar-refractivity contribution in [2.45, 2.75) is 56.7 Å². The Morgan fingerprint density at radius 3 is 3.07 bits per heavy atom. The van der Waals surface area contributed by atoms with Crippen molar-refractivity contribution in [2.24, 2.45) is 0 Å². The quantitative estimate of drug-likeness (QED) is 0.570. The summed E-state index contributed by atoms with van der Waals surface area (Å²) in [5.74, 6) is 1.70. The average Bonchev–Trinajstić information content (AvgIpc) is 3.14. The number of nitrogens with zero attached hydrogens (tertiary/aromatic N) is 1. The molecule has 1 aliphatic rings. The fourth-order valence-corrected chi connectivity index (χ4v) is 4.35. The number of hydrogen-bond donors (Lipinski definition) is 2. The molecule has 0 spiro atoms.